The lowest BCUT2D eigenvalue weighted by molar-refractivity contribution is 0.0560. The molecule has 0 aromatic rings. The lowest BCUT2D eigenvalue weighted by atomic mass is 10.0. The Kier molecular flexibility index (Phi) is 10.7. The van der Waals surface area contributed by atoms with Crippen molar-refractivity contribution in [1.82, 2.24) is 4.90 Å². The van der Waals surface area contributed by atoms with Gasteiger partial charge >= 0.3 is 0 Å². The van der Waals surface area contributed by atoms with Crippen LogP contribution in [0, 0.1) is 0 Å². The molecule has 0 unspecified atom stereocenters. The van der Waals surface area contributed by atoms with Crippen molar-refractivity contribution in [2.75, 3.05) is 26.3 Å². The van der Waals surface area contributed by atoms with Gasteiger partial charge in [0.1, 0.15) is 5.71 Å². The standard InChI is InChI=1S/C21H38N2O2/c24-22-20-14-12-10-8-6-4-2-1-3-5-7-9-11-13-15-21(20)23-16-18-25-19-17-23/h15,24H,1-14,16-19H2. The quantitative estimate of drug-likeness (QED) is 0.501. The number of morpholine rings is 1. The highest BCUT2D eigenvalue weighted by atomic mass is 16.5. The monoisotopic (exact) mass is 350 g/mol. The molecule has 0 aromatic heterocycles. The van der Waals surface area contributed by atoms with Crippen molar-refractivity contribution < 1.29 is 9.94 Å². The summed E-state index contributed by atoms with van der Waals surface area (Å²) in [6.07, 6.45) is 20.3. The van der Waals surface area contributed by atoms with E-state index < -0.39 is 0 Å². The molecule has 0 saturated carbocycles. The van der Waals surface area contributed by atoms with Crippen LogP contribution in [0.4, 0.5) is 0 Å². The van der Waals surface area contributed by atoms with Crippen LogP contribution in [0.5, 0.6) is 0 Å². The maximum absolute atomic E-state index is 9.61. The van der Waals surface area contributed by atoms with Crippen LogP contribution in [-0.4, -0.2) is 42.1 Å². The number of hydrogen-bond donors (Lipinski definition) is 1. The first-order valence-electron chi connectivity index (χ1n) is 10.7. The molecule has 4 nitrogen and oxygen atoms in total. The van der Waals surface area contributed by atoms with Crippen LogP contribution in [0.25, 0.3) is 0 Å². The van der Waals surface area contributed by atoms with Crippen LogP contribution in [-0.2, 0) is 4.74 Å². The lowest BCUT2D eigenvalue weighted by Gasteiger charge is -2.31. The average molecular weight is 351 g/mol. The zero-order chi connectivity index (χ0) is 17.6. The molecule has 0 amide bonds. The largest absolute Gasteiger partial charge is 0.411 e. The summed E-state index contributed by atoms with van der Waals surface area (Å²) >= 11 is 0. The van der Waals surface area contributed by atoms with E-state index in [9.17, 15) is 5.21 Å². The van der Waals surface area contributed by atoms with Gasteiger partial charge < -0.3 is 14.8 Å². The Balaban J connectivity index is 1.95. The number of ether oxygens (including phenoxy) is 1. The Bertz CT molecular complexity index is 401. The SMILES string of the molecule is ON=C1CCCCCCCCCCCCCCC=C1N1CCOCC1. The molecule has 1 fully saturated rings. The topological polar surface area (TPSA) is 45.1 Å². The summed E-state index contributed by atoms with van der Waals surface area (Å²) in [6.45, 7) is 3.36. The Labute approximate surface area is 154 Å². The molecule has 4 heteroatoms. The van der Waals surface area contributed by atoms with Gasteiger partial charge in [0.05, 0.1) is 18.9 Å². The normalized spacial score (nSPS) is 25.4. The molecule has 0 aromatic carbocycles. The maximum atomic E-state index is 9.61. The highest BCUT2D eigenvalue weighted by molar-refractivity contribution is 5.99. The van der Waals surface area contributed by atoms with Crippen molar-refractivity contribution in [3.63, 3.8) is 0 Å². The number of rotatable bonds is 1. The van der Waals surface area contributed by atoms with Crippen molar-refractivity contribution in [3.8, 4) is 0 Å². The van der Waals surface area contributed by atoms with Crippen LogP contribution in [0.2, 0.25) is 0 Å². The van der Waals surface area contributed by atoms with Gasteiger partial charge in [-0.2, -0.15) is 0 Å². The highest BCUT2D eigenvalue weighted by Crippen LogP contribution is 2.19. The van der Waals surface area contributed by atoms with Crippen LogP contribution >= 0.6 is 0 Å². The van der Waals surface area contributed by atoms with Gasteiger partial charge in [-0.05, 0) is 25.7 Å². The van der Waals surface area contributed by atoms with E-state index in [0.29, 0.717) is 0 Å². The fraction of sp³-hybridized carbons (Fsp3) is 0.857. The second-order valence-corrected chi connectivity index (χ2v) is 7.52. The van der Waals surface area contributed by atoms with Crippen molar-refractivity contribution in [2.24, 2.45) is 5.16 Å². The van der Waals surface area contributed by atoms with Crippen LogP contribution in [0.3, 0.4) is 0 Å². The first-order valence-corrected chi connectivity index (χ1v) is 10.7. The van der Waals surface area contributed by atoms with E-state index >= 15 is 0 Å². The third-order valence-electron chi connectivity index (χ3n) is 5.47. The minimum atomic E-state index is 0.774. The summed E-state index contributed by atoms with van der Waals surface area (Å²) in [5.74, 6) is 0. The van der Waals surface area contributed by atoms with E-state index in [1.807, 2.05) is 0 Å². The zero-order valence-electron chi connectivity index (χ0n) is 16.1. The summed E-state index contributed by atoms with van der Waals surface area (Å²) < 4.78 is 5.49. The van der Waals surface area contributed by atoms with E-state index in [1.165, 1.54) is 70.6 Å². The van der Waals surface area contributed by atoms with E-state index in [4.69, 9.17) is 4.74 Å². The summed E-state index contributed by atoms with van der Waals surface area (Å²) in [6, 6.07) is 0. The Morgan fingerprint density at radius 2 is 1.28 bits per heavy atom. The molecule has 1 N–H and O–H groups in total. The molecule has 0 atom stereocenters. The van der Waals surface area contributed by atoms with Gasteiger partial charge in [0.25, 0.3) is 0 Å². The van der Waals surface area contributed by atoms with E-state index in [2.05, 4.69) is 16.1 Å². The third kappa shape index (κ3) is 8.26. The predicted octanol–water partition coefficient (Wildman–Crippen LogP) is 5.51. The number of oxime groups is 1. The Morgan fingerprint density at radius 1 is 0.760 bits per heavy atom. The first kappa shape index (κ1) is 20.3. The molecular weight excluding hydrogens is 312 g/mol. The van der Waals surface area contributed by atoms with Gasteiger partial charge in [-0.1, -0.05) is 75.4 Å². The maximum Gasteiger partial charge on any atom is 0.102 e. The predicted molar refractivity (Wildman–Crippen MR) is 104 cm³/mol. The number of nitrogens with zero attached hydrogens (tertiary/aromatic N) is 2. The van der Waals surface area contributed by atoms with E-state index in [1.54, 1.807) is 0 Å². The van der Waals surface area contributed by atoms with Gasteiger partial charge in [0.15, 0.2) is 0 Å². The van der Waals surface area contributed by atoms with E-state index in [0.717, 1.165) is 57.0 Å². The van der Waals surface area contributed by atoms with Gasteiger partial charge in [-0.15, -0.1) is 0 Å². The zero-order valence-corrected chi connectivity index (χ0v) is 16.1. The van der Waals surface area contributed by atoms with Gasteiger partial charge in [0.2, 0.25) is 0 Å². The van der Waals surface area contributed by atoms with Crippen molar-refractivity contribution in [1.29, 1.82) is 0 Å². The molecule has 0 radical (unpaired) electrons. The average Bonchev–Trinajstić information content (AvgIpc) is 2.66. The molecule has 1 heterocycles. The molecule has 0 spiro atoms. The van der Waals surface area contributed by atoms with Crippen molar-refractivity contribution in [3.05, 3.63) is 11.8 Å². The number of allylic oxidation sites excluding steroid dienone is 2. The van der Waals surface area contributed by atoms with Gasteiger partial charge in [-0.25, -0.2) is 0 Å². The molecule has 25 heavy (non-hydrogen) atoms. The second-order valence-electron chi connectivity index (χ2n) is 7.52. The van der Waals surface area contributed by atoms with Gasteiger partial charge in [0, 0.05) is 13.1 Å². The van der Waals surface area contributed by atoms with Crippen LogP contribution in [0.15, 0.2) is 16.9 Å². The minimum absolute atomic E-state index is 0.774. The highest BCUT2D eigenvalue weighted by Gasteiger charge is 2.18. The summed E-state index contributed by atoms with van der Waals surface area (Å²) in [7, 11) is 0. The number of hydrogen-bond acceptors (Lipinski definition) is 4. The Hall–Kier alpha value is -1.03. The molecule has 144 valence electrons. The summed E-state index contributed by atoms with van der Waals surface area (Å²) in [5, 5.41) is 13.3. The molecular formula is C21H38N2O2. The smallest absolute Gasteiger partial charge is 0.102 e. The molecule has 1 aliphatic heterocycles. The summed E-state index contributed by atoms with van der Waals surface area (Å²) in [5.41, 5.74) is 2.04. The molecule has 2 rings (SSSR count). The fourth-order valence-corrected chi connectivity index (χ4v) is 3.91. The van der Waals surface area contributed by atoms with E-state index in [-0.39, 0.29) is 0 Å². The third-order valence-corrected chi connectivity index (χ3v) is 5.47. The molecule has 1 saturated heterocycles. The van der Waals surface area contributed by atoms with Gasteiger partial charge in [-0.3, -0.25) is 0 Å². The molecule has 2 aliphatic rings. The second kappa shape index (κ2) is 13.2. The molecule has 1 aliphatic carbocycles. The first-order chi connectivity index (χ1) is 12.4. The van der Waals surface area contributed by atoms with Crippen LogP contribution in [0.1, 0.15) is 89.9 Å². The fourth-order valence-electron chi connectivity index (χ4n) is 3.91. The molecule has 0 bridgehead atoms. The van der Waals surface area contributed by atoms with Crippen LogP contribution < -0.4 is 0 Å². The lowest BCUT2D eigenvalue weighted by Crippen LogP contribution is -2.38. The van der Waals surface area contributed by atoms with Crippen molar-refractivity contribution >= 4 is 5.71 Å². The van der Waals surface area contributed by atoms with Crippen molar-refractivity contribution in [2.45, 2.75) is 89.9 Å². The minimum Gasteiger partial charge on any atom is -0.411 e. The summed E-state index contributed by atoms with van der Waals surface area (Å²) in [4.78, 5) is 2.35. The Morgan fingerprint density at radius 3 is 1.84 bits per heavy atom.